The third-order valence-corrected chi connectivity index (χ3v) is 3.48. The maximum Gasteiger partial charge on any atom is 0.225 e. The highest BCUT2D eigenvalue weighted by Crippen LogP contribution is 2.23. The molecule has 0 aliphatic heterocycles. The first-order chi connectivity index (χ1) is 8.99. The fourth-order valence-corrected chi connectivity index (χ4v) is 2.24. The number of anilines is 1. The molecule has 1 amide bonds. The number of aryl methyl sites for hydroxylation is 1. The summed E-state index contributed by atoms with van der Waals surface area (Å²) < 4.78 is 0.925. The van der Waals surface area contributed by atoms with Crippen LogP contribution >= 0.6 is 15.9 Å². The molecule has 0 bridgehead atoms. The van der Waals surface area contributed by atoms with Crippen LogP contribution in [0.2, 0.25) is 0 Å². The lowest BCUT2D eigenvalue weighted by atomic mass is 10.1. The van der Waals surface area contributed by atoms with Gasteiger partial charge in [0.05, 0.1) is 5.69 Å². The van der Waals surface area contributed by atoms with Crippen LogP contribution in [-0.4, -0.2) is 19.0 Å². The largest absolute Gasteiger partial charge is 0.325 e. The Kier molecular flexibility index (Phi) is 7.10. The van der Waals surface area contributed by atoms with E-state index in [9.17, 15) is 4.79 Å². The molecular formula is C15H23BrN2O. The number of hydrogen-bond acceptors (Lipinski definition) is 2. The van der Waals surface area contributed by atoms with Crippen molar-refractivity contribution in [3.05, 3.63) is 28.2 Å². The van der Waals surface area contributed by atoms with Crippen LogP contribution in [0.15, 0.2) is 22.7 Å². The first-order valence-electron chi connectivity index (χ1n) is 6.75. The molecule has 3 nitrogen and oxygen atoms in total. The number of carbonyl (C=O) groups excluding carboxylic acids is 1. The van der Waals surface area contributed by atoms with Gasteiger partial charge in [0.2, 0.25) is 5.91 Å². The third-order valence-electron chi connectivity index (χ3n) is 2.83. The molecule has 0 atom stereocenters. The van der Waals surface area contributed by atoms with Gasteiger partial charge in [-0.2, -0.15) is 0 Å². The molecule has 0 fully saturated rings. The van der Waals surface area contributed by atoms with Gasteiger partial charge in [-0.05, 0) is 59.4 Å². The van der Waals surface area contributed by atoms with Gasteiger partial charge in [0.25, 0.3) is 0 Å². The minimum absolute atomic E-state index is 0.0431. The van der Waals surface area contributed by atoms with E-state index in [1.54, 1.807) is 0 Å². The van der Waals surface area contributed by atoms with Crippen molar-refractivity contribution >= 4 is 27.5 Å². The van der Waals surface area contributed by atoms with Crippen molar-refractivity contribution in [3.63, 3.8) is 0 Å². The smallest absolute Gasteiger partial charge is 0.225 e. The van der Waals surface area contributed by atoms with Crippen LogP contribution in [0, 0.1) is 12.8 Å². The van der Waals surface area contributed by atoms with Gasteiger partial charge >= 0.3 is 0 Å². The van der Waals surface area contributed by atoms with Gasteiger partial charge in [-0.15, -0.1) is 0 Å². The van der Waals surface area contributed by atoms with Crippen LogP contribution in [0.1, 0.15) is 32.3 Å². The molecule has 0 aliphatic carbocycles. The van der Waals surface area contributed by atoms with E-state index in [-0.39, 0.29) is 5.91 Å². The van der Waals surface area contributed by atoms with Gasteiger partial charge in [0, 0.05) is 17.4 Å². The summed E-state index contributed by atoms with van der Waals surface area (Å²) in [5, 5.41) is 6.20. The van der Waals surface area contributed by atoms with E-state index in [0.29, 0.717) is 12.3 Å². The van der Waals surface area contributed by atoms with Gasteiger partial charge < -0.3 is 10.6 Å². The lowest BCUT2D eigenvalue weighted by molar-refractivity contribution is -0.116. The molecule has 1 aromatic rings. The average molecular weight is 327 g/mol. The maximum atomic E-state index is 11.8. The van der Waals surface area contributed by atoms with Crippen molar-refractivity contribution in [3.8, 4) is 0 Å². The lowest BCUT2D eigenvalue weighted by Gasteiger charge is -2.09. The zero-order chi connectivity index (χ0) is 14.3. The van der Waals surface area contributed by atoms with Crippen LogP contribution in [0.4, 0.5) is 5.69 Å². The Morgan fingerprint density at radius 2 is 2.05 bits per heavy atom. The van der Waals surface area contributed by atoms with Crippen molar-refractivity contribution in [1.82, 2.24) is 5.32 Å². The Morgan fingerprint density at radius 3 is 2.68 bits per heavy atom. The van der Waals surface area contributed by atoms with E-state index in [4.69, 9.17) is 0 Å². The van der Waals surface area contributed by atoms with Crippen molar-refractivity contribution < 1.29 is 4.79 Å². The van der Waals surface area contributed by atoms with Gasteiger partial charge in [-0.25, -0.2) is 0 Å². The quantitative estimate of drug-likeness (QED) is 0.750. The topological polar surface area (TPSA) is 41.1 Å². The summed E-state index contributed by atoms with van der Waals surface area (Å²) in [4.78, 5) is 11.8. The first kappa shape index (κ1) is 16.2. The fourth-order valence-electron chi connectivity index (χ4n) is 1.65. The highest BCUT2D eigenvalue weighted by Gasteiger charge is 2.05. The van der Waals surface area contributed by atoms with Crippen molar-refractivity contribution in [2.24, 2.45) is 5.92 Å². The molecule has 1 aromatic carbocycles. The Bertz CT molecular complexity index is 419. The molecule has 0 aliphatic rings. The Labute approximate surface area is 124 Å². The predicted octanol–water partition coefficient (Wildman–Crippen LogP) is 3.72. The second-order valence-electron chi connectivity index (χ2n) is 5.21. The number of nitrogens with one attached hydrogen (secondary N) is 2. The van der Waals surface area contributed by atoms with Crippen LogP contribution in [0.3, 0.4) is 0 Å². The molecule has 0 radical (unpaired) electrons. The van der Waals surface area contributed by atoms with Crippen molar-refractivity contribution in [2.75, 3.05) is 18.4 Å². The van der Waals surface area contributed by atoms with Crippen LogP contribution in [-0.2, 0) is 4.79 Å². The van der Waals surface area contributed by atoms with E-state index < -0.39 is 0 Å². The van der Waals surface area contributed by atoms with Crippen LogP contribution in [0.5, 0.6) is 0 Å². The molecule has 0 saturated carbocycles. The summed E-state index contributed by atoms with van der Waals surface area (Å²) >= 11 is 3.45. The lowest BCUT2D eigenvalue weighted by Crippen LogP contribution is -2.23. The summed E-state index contributed by atoms with van der Waals surface area (Å²) in [6, 6.07) is 5.90. The third kappa shape index (κ3) is 6.73. The number of hydrogen-bond donors (Lipinski definition) is 2. The van der Waals surface area contributed by atoms with E-state index >= 15 is 0 Å². The number of carbonyl (C=O) groups is 1. The molecule has 0 heterocycles. The first-order valence-corrected chi connectivity index (χ1v) is 7.55. The maximum absolute atomic E-state index is 11.8. The van der Waals surface area contributed by atoms with E-state index in [0.717, 1.165) is 29.7 Å². The molecule has 0 spiro atoms. The van der Waals surface area contributed by atoms with Gasteiger partial charge in [-0.1, -0.05) is 19.9 Å². The summed E-state index contributed by atoms with van der Waals surface area (Å²) in [5.41, 5.74) is 2.00. The van der Waals surface area contributed by atoms with E-state index in [2.05, 4.69) is 40.4 Å². The van der Waals surface area contributed by atoms with E-state index in [1.165, 1.54) is 5.56 Å². The Morgan fingerprint density at radius 1 is 1.32 bits per heavy atom. The molecular weight excluding hydrogens is 304 g/mol. The van der Waals surface area contributed by atoms with Gasteiger partial charge in [0.15, 0.2) is 0 Å². The Balaban J connectivity index is 2.27. The molecule has 2 N–H and O–H groups in total. The molecule has 0 saturated heterocycles. The van der Waals surface area contributed by atoms with Gasteiger partial charge in [-0.3, -0.25) is 4.79 Å². The van der Waals surface area contributed by atoms with Crippen LogP contribution in [0.25, 0.3) is 0 Å². The fraction of sp³-hybridized carbons (Fsp3) is 0.533. The summed E-state index contributed by atoms with van der Waals surface area (Å²) in [6.45, 7) is 8.11. The predicted molar refractivity (Wildman–Crippen MR) is 84.5 cm³/mol. The minimum atomic E-state index is 0.0431. The highest BCUT2D eigenvalue weighted by molar-refractivity contribution is 9.10. The summed E-state index contributed by atoms with van der Waals surface area (Å²) in [6.07, 6.45) is 1.64. The number of amides is 1. The molecule has 4 heteroatoms. The number of benzene rings is 1. The summed E-state index contributed by atoms with van der Waals surface area (Å²) in [7, 11) is 0. The average Bonchev–Trinajstić information content (AvgIpc) is 2.32. The Hall–Kier alpha value is -0.870. The van der Waals surface area contributed by atoms with E-state index in [1.807, 2.05) is 25.1 Å². The second kappa shape index (κ2) is 8.33. The number of rotatable bonds is 7. The molecule has 1 rings (SSSR count). The van der Waals surface area contributed by atoms with Crippen LogP contribution < -0.4 is 10.6 Å². The monoisotopic (exact) mass is 326 g/mol. The molecule has 19 heavy (non-hydrogen) atoms. The van der Waals surface area contributed by atoms with Crippen molar-refractivity contribution in [1.29, 1.82) is 0 Å². The zero-order valence-corrected chi connectivity index (χ0v) is 13.5. The standard InChI is InChI=1S/C15H23BrN2O/c1-11(2)6-8-17-9-7-15(19)18-14-5-4-12(3)10-13(14)16/h4-5,10-11,17H,6-9H2,1-3H3,(H,18,19). The SMILES string of the molecule is Cc1ccc(NC(=O)CCNCCC(C)C)c(Br)c1. The minimum Gasteiger partial charge on any atom is -0.325 e. The molecule has 0 unspecified atom stereocenters. The molecule has 0 aromatic heterocycles. The second-order valence-corrected chi connectivity index (χ2v) is 6.07. The normalized spacial score (nSPS) is 10.8. The van der Waals surface area contributed by atoms with Crippen molar-refractivity contribution in [2.45, 2.75) is 33.6 Å². The zero-order valence-electron chi connectivity index (χ0n) is 11.9. The van der Waals surface area contributed by atoms with Gasteiger partial charge in [0.1, 0.15) is 0 Å². The highest BCUT2D eigenvalue weighted by atomic mass is 79.9. The molecule has 106 valence electrons. The summed E-state index contributed by atoms with van der Waals surface area (Å²) in [5.74, 6) is 0.742. The number of halogens is 1.